The third-order valence-electron chi connectivity index (χ3n) is 5.83. The first kappa shape index (κ1) is 17.8. The van der Waals surface area contributed by atoms with Crippen LogP contribution in [0.25, 0.3) is 10.9 Å². The second kappa shape index (κ2) is 6.51. The number of likely N-dealkylation sites (tertiary alicyclic amines) is 1. The molecule has 2 aromatic heterocycles. The monoisotopic (exact) mass is 374 g/mol. The minimum atomic E-state index is -0.644. The van der Waals surface area contributed by atoms with E-state index < -0.39 is 17.8 Å². The van der Waals surface area contributed by atoms with Crippen LogP contribution in [0, 0.1) is 11.2 Å². The number of piperidine rings is 1. The van der Waals surface area contributed by atoms with Gasteiger partial charge in [-0.1, -0.05) is 0 Å². The van der Waals surface area contributed by atoms with Crippen LogP contribution in [0.5, 0.6) is 5.88 Å². The number of aromatic amines is 1. The average molecular weight is 374 g/mol. The Morgan fingerprint density at radius 3 is 2.67 bits per heavy atom. The van der Waals surface area contributed by atoms with Crippen molar-refractivity contribution in [3.05, 3.63) is 23.8 Å². The van der Waals surface area contributed by atoms with Gasteiger partial charge in [-0.15, -0.1) is 0 Å². The van der Waals surface area contributed by atoms with Gasteiger partial charge in [-0.05, 0) is 44.1 Å². The Morgan fingerprint density at radius 2 is 2.04 bits per heavy atom. The molecular weight excluding hydrogens is 351 g/mol. The SMILES string of the molecule is COc1ncc2[nH]c(C(=O)N[C@H](C)C(=O)N3CCC4(CC3)CC4)cc2c1F. The molecule has 0 bridgehead atoms. The van der Waals surface area contributed by atoms with E-state index in [1.807, 2.05) is 4.90 Å². The van der Waals surface area contributed by atoms with Crippen LogP contribution in [0.2, 0.25) is 0 Å². The lowest BCUT2D eigenvalue weighted by Crippen LogP contribution is -2.49. The number of H-pyrrole nitrogens is 1. The van der Waals surface area contributed by atoms with Crippen molar-refractivity contribution in [2.24, 2.45) is 5.41 Å². The van der Waals surface area contributed by atoms with E-state index in [-0.39, 0.29) is 22.9 Å². The molecule has 0 aromatic carbocycles. The number of ether oxygens (including phenoxy) is 1. The molecule has 0 unspecified atom stereocenters. The third-order valence-corrected chi connectivity index (χ3v) is 5.83. The van der Waals surface area contributed by atoms with Gasteiger partial charge in [0.1, 0.15) is 11.7 Å². The molecule has 3 heterocycles. The summed E-state index contributed by atoms with van der Waals surface area (Å²) >= 11 is 0. The van der Waals surface area contributed by atoms with E-state index in [2.05, 4.69) is 15.3 Å². The number of hydrogen-bond donors (Lipinski definition) is 2. The topological polar surface area (TPSA) is 87.3 Å². The molecule has 2 amide bonds. The molecule has 1 saturated carbocycles. The normalized spacial score (nSPS) is 19.1. The number of fused-ring (bicyclic) bond motifs is 1. The summed E-state index contributed by atoms with van der Waals surface area (Å²) in [5, 5.41) is 2.92. The van der Waals surface area contributed by atoms with Gasteiger partial charge in [-0.25, -0.2) is 9.37 Å². The van der Waals surface area contributed by atoms with E-state index in [4.69, 9.17) is 4.74 Å². The molecule has 4 rings (SSSR count). The van der Waals surface area contributed by atoms with E-state index in [1.54, 1.807) is 6.92 Å². The highest BCUT2D eigenvalue weighted by Crippen LogP contribution is 2.53. The Bertz CT molecular complexity index is 896. The number of carbonyl (C=O) groups excluding carboxylic acids is 2. The van der Waals surface area contributed by atoms with Crippen LogP contribution in [0.4, 0.5) is 4.39 Å². The van der Waals surface area contributed by atoms with Crippen molar-refractivity contribution in [3.8, 4) is 5.88 Å². The fraction of sp³-hybridized carbons (Fsp3) is 0.526. The van der Waals surface area contributed by atoms with E-state index in [0.29, 0.717) is 10.9 Å². The van der Waals surface area contributed by atoms with Crippen LogP contribution >= 0.6 is 0 Å². The summed E-state index contributed by atoms with van der Waals surface area (Å²) in [5.41, 5.74) is 1.06. The molecule has 0 radical (unpaired) electrons. The number of amides is 2. The molecular formula is C19H23FN4O3. The standard InChI is InChI=1S/C19H23FN4O3/c1-11(18(26)24-7-5-19(3-4-19)6-8-24)22-16(25)13-9-12-14(23-13)10-21-17(27-2)15(12)20/h9-11,23H,3-8H2,1-2H3,(H,22,25)/t11-/m1/s1. The number of halogens is 1. The average Bonchev–Trinajstić information content (AvgIpc) is 3.26. The zero-order valence-corrected chi connectivity index (χ0v) is 15.5. The maximum absolute atomic E-state index is 14.2. The van der Waals surface area contributed by atoms with Gasteiger partial charge in [0, 0.05) is 18.5 Å². The Balaban J connectivity index is 1.43. The molecule has 2 N–H and O–H groups in total. The number of hydrogen-bond acceptors (Lipinski definition) is 4. The molecule has 2 aromatic rings. The molecule has 8 heteroatoms. The summed E-state index contributed by atoms with van der Waals surface area (Å²) in [6, 6.07) is 0.758. The van der Waals surface area contributed by atoms with Crippen LogP contribution in [0.15, 0.2) is 12.3 Å². The van der Waals surface area contributed by atoms with Crippen molar-refractivity contribution in [2.75, 3.05) is 20.2 Å². The number of nitrogens with one attached hydrogen (secondary N) is 2. The van der Waals surface area contributed by atoms with E-state index >= 15 is 0 Å². The number of methoxy groups -OCH3 is 1. The Labute approximate surface area is 156 Å². The fourth-order valence-electron chi connectivity index (χ4n) is 3.80. The molecule has 2 fully saturated rings. The number of carbonyl (C=O) groups is 2. The van der Waals surface area contributed by atoms with Crippen LogP contribution in [-0.2, 0) is 4.79 Å². The smallest absolute Gasteiger partial charge is 0.268 e. The first-order valence-corrected chi connectivity index (χ1v) is 9.23. The maximum atomic E-state index is 14.2. The summed E-state index contributed by atoms with van der Waals surface area (Å²) in [6.45, 7) is 3.18. The van der Waals surface area contributed by atoms with Gasteiger partial charge in [-0.2, -0.15) is 0 Å². The molecule has 7 nitrogen and oxygen atoms in total. The van der Waals surface area contributed by atoms with E-state index in [1.165, 1.54) is 32.2 Å². The number of pyridine rings is 1. The predicted molar refractivity (Wildman–Crippen MR) is 97.0 cm³/mol. The molecule has 1 aliphatic carbocycles. The third kappa shape index (κ3) is 3.24. The van der Waals surface area contributed by atoms with Gasteiger partial charge in [0.25, 0.3) is 11.8 Å². The second-order valence-corrected chi connectivity index (χ2v) is 7.61. The van der Waals surface area contributed by atoms with Gasteiger partial charge in [0.15, 0.2) is 5.82 Å². The highest BCUT2D eigenvalue weighted by Gasteiger charge is 2.45. The van der Waals surface area contributed by atoms with Crippen molar-refractivity contribution >= 4 is 22.7 Å². The Kier molecular flexibility index (Phi) is 4.28. The Morgan fingerprint density at radius 1 is 1.33 bits per heavy atom. The molecule has 2 aliphatic rings. The van der Waals surface area contributed by atoms with Gasteiger partial charge in [0.05, 0.1) is 18.8 Å². The summed E-state index contributed by atoms with van der Waals surface area (Å²) in [7, 11) is 1.33. The quantitative estimate of drug-likeness (QED) is 0.859. The lowest BCUT2D eigenvalue weighted by molar-refractivity contribution is -0.134. The lowest BCUT2D eigenvalue weighted by Gasteiger charge is -2.33. The van der Waals surface area contributed by atoms with E-state index in [9.17, 15) is 14.0 Å². The van der Waals surface area contributed by atoms with Crippen molar-refractivity contribution in [1.82, 2.24) is 20.2 Å². The lowest BCUT2D eigenvalue weighted by atomic mass is 9.93. The van der Waals surface area contributed by atoms with Crippen LogP contribution in [-0.4, -0.2) is 52.9 Å². The van der Waals surface area contributed by atoms with E-state index in [0.717, 1.165) is 25.9 Å². The van der Waals surface area contributed by atoms with Gasteiger partial charge >= 0.3 is 0 Å². The summed E-state index contributed by atoms with van der Waals surface area (Å²) in [6.07, 6.45) is 6.06. The number of aromatic nitrogens is 2. The zero-order chi connectivity index (χ0) is 19.2. The predicted octanol–water partition coefficient (Wildman–Crippen LogP) is 2.23. The van der Waals surface area contributed by atoms with Crippen molar-refractivity contribution in [1.29, 1.82) is 0 Å². The fourth-order valence-corrected chi connectivity index (χ4v) is 3.80. The van der Waals surface area contributed by atoms with Gasteiger partial charge < -0.3 is 19.9 Å². The largest absolute Gasteiger partial charge is 0.479 e. The zero-order valence-electron chi connectivity index (χ0n) is 15.5. The highest BCUT2D eigenvalue weighted by atomic mass is 19.1. The van der Waals surface area contributed by atoms with Crippen LogP contribution < -0.4 is 10.1 Å². The maximum Gasteiger partial charge on any atom is 0.268 e. The molecule has 27 heavy (non-hydrogen) atoms. The van der Waals surface area contributed by atoms with Crippen LogP contribution in [0.1, 0.15) is 43.1 Å². The number of rotatable bonds is 4. The summed E-state index contributed by atoms with van der Waals surface area (Å²) in [4.78, 5) is 33.6. The minimum absolute atomic E-state index is 0.0792. The molecule has 1 atom stereocenters. The van der Waals surface area contributed by atoms with Crippen molar-refractivity contribution in [2.45, 2.75) is 38.6 Å². The Hall–Kier alpha value is -2.64. The minimum Gasteiger partial charge on any atom is -0.479 e. The first-order chi connectivity index (χ1) is 12.9. The molecule has 144 valence electrons. The highest BCUT2D eigenvalue weighted by molar-refractivity contribution is 6.00. The summed E-state index contributed by atoms with van der Waals surface area (Å²) in [5.74, 6) is -1.29. The van der Waals surface area contributed by atoms with Crippen LogP contribution in [0.3, 0.4) is 0 Å². The number of nitrogens with zero attached hydrogens (tertiary/aromatic N) is 2. The molecule has 1 saturated heterocycles. The van der Waals surface area contributed by atoms with Gasteiger partial charge in [0.2, 0.25) is 5.91 Å². The molecule has 1 aliphatic heterocycles. The van der Waals surface area contributed by atoms with Crippen molar-refractivity contribution < 1.29 is 18.7 Å². The van der Waals surface area contributed by atoms with Gasteiger partial charge in [-0.3, -0.25) is 9.59 Å². The first-order valence-electron chi connectivity index (χ1n) is 9.23. The van der Waals surface area contributed by atoms with Crippen molar-refractivity contribution in [3.63, 3.8) is 0 Å². The molecule has 1 spiro atoms. The summed E-state index contributed by atoms with van der Waals surface area (Å²) < 4.78 is 19.1. The second-order valence-electron chi connectivity index (χ2n) is 7.61.